The van der Waals surface area contributed by atoms with Gasteiger partial charge in [0.05, 0.1) is 11.5 Å². The molecule has 2 aromatic rings. The number of rotatable bonds is 5. The zero-order valence-corrected chi connectivity index (χ0v) is 11.2. The van der Waals surface area contributed by atoms with Crippen molar-refractivity contribution < 1.29 is 10.0 Å². The predicted octanol–water partition coefficient (Wildman–Crippen LogP) is 3.01. The topological polar surface area (TPSA) is 75.4 Å². The highest BCUT2D eigenvalue weighted by molar-refractivity contribution is 5.55. The van der Waals surface area contributed by atoms with Crippen molar-refractivity contribution in [1.29, 1.82) is 0 Å². The minimum Gasteiger partial charge on any atom is -0.392 e. The molecule has 0 saturated heterocycles. The molecule has 2 rings (SSSR count). The number of non-ortho nitro benzene ring substituents is 1. The van der Waals surface area contributed by atoms with Crippen LogP contribution in [0.4, 0.5) is 11.4 Å². The van der Waals surface area contributed by atoms with Crippen LogP contribution in [0.1, 0.15) is 16.7 Å². The lowest BCUT2D eigenvalue weighted by atomic mass is 10.1. The molecule has 0 aromatic heterocycles. The monoisotopic (exact) mass is 272 g/mol. The van der Waals surface area contributed by atoms with Gasteiger partial charge in [0.15, 0.2) is 0 Å². The summed E-state index contributed by atoms with van der Waals surface area (Å²) < 4.78 is 0. The Morgan fingerprint density at radius 1 is 1.20 bits per heavy atom. The number of nitrogens with zero attached hydrogens (tertiary/aromatic N) is 1. The van der Waals surface area contributed by atoms with E-state index in [1.54, 1.807) is 12.1 Å². The second-order valence-corrected chi connectivity index (χ2v) is 4.59. The van der Waals surface area contributed by atoms with Crippen LogP contribution in [-0.2, 0) is 13.2 Å². The van der Waals surface area contributed by atoms with E-state index in [0.29, 0.717) is 6.54 Å². The summed E-state index contributed by atoms with van der Waals surface area (Å²) in [7, 11) is 0. The second kappa shape index (κ2) is 6.16. The summed E-state index contributed by atoms with van der Waals surface area (Å²) in [6.07, 6.45) is 0. The summed E-state index contributed by atoms with van der Waals surface area (Å²) in [5.74, 6) is 0. The molecule has 0 aliphatic rings. The molecular weight excluding hydrogens is 256 g/mol. The van der Waals surface area contributed by atoms with Gasteiger partial charge in [0.25, 0.3) is 5.69 Å². The maximum Gasteiger partial charge on any atom is 0.269 e. The van der Waals surface area contributed by atoms with E-state index in [-0.39, 0.29) is 12.3 Å². The van der Waals surface area contributed by atoms with Crippen molar-refractivity contribution in [2.45, 2.75) is 20.1 Å². The van der Waals surface area contributed by atoms with Gasteiger partial charge >= 0.3 is 0 Å². The zero-order chi connectivity index (χ0) is 14.5. The number of aliphatic hydroxyl groups is 1. The molecule has 0 heterocycles. The molecule has 0 bridgehead atoms. The summed E-state index contributed by atoms with van der Waals surface area (Å²) in [5, 5.41) is 23.0. The van der Waals surface area contributed by atoms with E-state index >= 15 is 0 Å². The minimum absolute atomic E-state index is 0.0183. The number of anilines is 1. The van der Waals surface area contributed by atoms with Crippen molar-refractivity contribution in [2.75, 3.05) is 5.32 Å². The SMILES string of the molecule is Cc1cc([N+](=O)[O-])ccc1NCc1cccc(CO)c1. The minimum atomic E-state index is -0.401. The van der Waals surface area contributed by atoms with Crippen LogP contribution in [-0.4, -0.2) is 10.0 Å². The molecule has 0 saturated carbocycles. The Hall–Kier alpha value is -2.40. The van der Waals surface area contributed by atoms with Crippen LogP contribution in [0.2, 0.25) is 0 Å². The summed E-state index contributed by atoms with van der Waals surface area (Å²) in [4.78, 5) is 10.3. The Balaban J connectivity index is 2.08. The van der Waals surface area contributed by atoms with Gasteiger partial charge < -0.3 is 10.4 Å². The molecule has 0 fully saturated rings. The van der Waals surface area contributed by atoms with E-state index in [1.165, 1.54) is 6.07 Å². The molecule has 20 heavy (non-hydrogen) atoms. The lowest BCUT2D eigenvalue weighted by molar-refractivity contribution is -0.384. The predicted molar refractivity (Wildman–Crippen MR) is 77.5 cm³/mol. The summed E-state index contributed by atoms with van der Waals surface area (Å²) in [6, 6.07) is 12.4. The molecule has 5 nitrogen and oxygen atoms in total. The van der Waals surface area contributed by atoms with E-state index in [4.69, 9.17) is 5.11 Å². The van der Waals surface area contributed by atoms with Crippen molar-refractivity contribution in [3.05, 3.63) is 69.3 Å². The van der Waals surface area contributed by atoms with Gasteiger partial charge in [0, 0.05) is 24.4 Å². The largest absolute Gasteiger partial charge is 0.392 e. The van der Waals surface area contributed by atoms with Crippen LogP contribution in [0.3, 0.4) is 0 Å². The van der Waals surface area contributed by atoms with E-state index in [1.807, 2.05) is 31.2 Å². The molecule has 0 radical (unpaired) electrons. The molecule has 5 heteroatoms. The quantitative estimate of drug-likeness (QED) is 0.648. The number of aliphatic hydroxyl groups excluding tert-OH is 1. The Bertz CT molecular complexity index is 626. The van der Waals surface area contributed by atoms with E-state index < -0.39 is 4.92 Å². The van der Waals surface area contributed by atoms with E-state index in [9.17, 15) is 10.1 Å². The van der Waals surface area contributed by atoms with Gasteiger partial charge in [-0.2, -0.15) is 0 Å². The number of hydrogen-bond acceptors (Lipinski definition) is 4. The lowest BCUT2D eigenvalue weighted by Gasteiger charge is -2.10. The Kier molecular flexibility index (Phi) is 4.32. The van der Waals surface area contributed by atoms with Crippen LogP contribution in [0.5, 0.6) is 0 Å². The molecule has 0 aliphatic heterocycles. The third-order valence-corrected chi connectivity index (χ3v) is 3.08. The summed E-state index contributed by atoms with van der Waals surface area (Å²) in [6.45, 7) is 2.45. The Morgan fingerprint density at radius 3 is 2.60 bits per heavy atom. The molecule has 0 spiro atoms. The van der Waals surface area contributed by atoms with Crippen molar-refractivity contribution in [3.8, 4) is 0 Å². The third kappa shape index (κ3) is 3.33. The zero-order valence-electron chi connectivity index (χ0n) is 11.2. The molecule has 0 atom stereocenters. The smallest absolute Gasteiger partial charge is 0.269 e. The molecule has 0 aliphatic carbocycles. The molecular formula is C15H16N2O3. The number of hydrogen-bond donors (Lipinski definition) is 2. The van der Waals surface area contributed by atoms with Gasteiger partial charge in [-0.3, -0.25) is 10.1 Å². The van der Waals surface area contributed by atoms with Gasteiger partial charge in [-0.25, -0.2) is 0 Å². The van der Waals surface area contributed by atoms with Crippen LogP contribution in [0.25, 0.3) is 0 Å². The third-order valence-electron chi connectivity index (χ3n) is 3.08. The molecule has 2 aromatic carbocycles. The first-order valence-corrected chi connectivity index (χ1v) is 6.28. The van der Waals surface area contributed by atoms with Gasteiger partial charge in [0.1, 0.15) is 0 Å². The maximum atomic E-state index is 10.7. The van der Waals surface area contributed by atoms with Crippen molar-refractivity contribution in [3.63, 3.8) is 0 Å². The second-order valence-electron chi connectivity index (χ2n) is 4.59. The first-order chi connectivity index (χ1) is 9.60. The van der Waals surface area contributed by atoms with E-state index in [0.717, 1.165) is 22.4 Å². The maximum absolute atomic E-state index is 10.7. The van der Waals surface area contributed by atoms with Gasteiger partial charge in [0.2, 0.25) is 0 Å². The number of benzene rings is 2. The molecule has 0 unspecified atom stereocenters. The fraction of sp³-hybridized carbons (Fsp3) is 0.200. The molecule has 2 N–H and O–H groups in total. The van der Waals surface area contributed by atoms with Crippen molar-refractivity contribution in [2.24, 2.45) is 0 Å². The van der Waals surface area contributed by atoms with Crippen LogP contribution in [0.15, 0.2) is 42.5 Å². The van der Waals surface area contributed by atoms with Crippen LogP contribution >= 0.6 is 0 Å². The normalized spacial score (nSPS) is 10.3. The number of aryl methyl sites for hydroxylation is 1. The Labute approximate surface area is 117 Å². The number of nitro benzene ring substituents is 1. The van der Waals surface area contributed by atoms with Crippen molar-refractivity contribution >= 4 is 11.4 Å². The first kappa shape index (κ1) is 14.0. The Morgan fingerprint density at radius 2 is 1.95 bits per heavy atom. The molecule has 0 amide bonds. The average Bonchev–Trinajstić information content (AvgIpc) is 2.46. The highest BCUT2D eigenvalue weighted by atomic mass is 16.6. The van der Waals surface area contributed by atoms with Gasteiger partial charge in [-0.15, -0.1) is 0 Å². The van der Waals surface area contributed by atoms with Gasteiger partial charge in [-0.1, -0.05) is 24.3 Å². The summed E-state index contributed by atoms with van der Waals surface area (Å²) >= 11 is 0. The summed E-state index contributed by atoms with van der Waals surface area (Å²) in [5.41, 5.74) is 3.71. The highest BCUT2D eigenvalue weighted by Gasteiger charge is 2.07. The fourth-order valence-corrected chi connectivity index (χ4v) is 2.00. The van der Waals surface area contributed by atoms with E-state index in [2.05, 4.69) is 5.32 Å². The fourth-order valence-electron chi connectivity index (χ4n) is 2.00. The standard InChI is InChI=1S/C15H16N2O3/c1-11-7-14(17(19)20)5-6-15(11)16-9-12-3-2-4-13(8-12)10-18/h2-8,16,18H,9-10H2,1H3. The first-order valence-electron chi connectivity index (χ1n) is 6.28. The average molecular weight is 272 g/mol. The van der Waals surface area contributed by atoms with Gasteiger partial charge in [-0.05, 0) is 29.7 Å². The van der Waals surface area contributed by atoms with Crippen LogP contribution < -0.4 is 5.32 Å². The van der Waals surface area contributed by atoms with Crippen LogP contribution in [0, 0.1) is 17.0 Å². The lowest BCUT2D eigenvalue weighted by Crippen LogP contribution is -2.02. The molecule has 104 valence electrons. The number of nitrogens with one attached hydrogen (secondary N) is 1. The van der Waals surface area contributed by atoms with Crippen molar-refractivity contribution in [1.82, 2.24) is 0 Å². The number of nitro groups is 1. The highest BCUT2D eigenvalue weighted by Crippen LogP contribution is 2.21.